The topological polar surface area (TPSA) is 62.6 Å². The lowest BCUT2D eigenvalue weighted by Gasteiger charge is -2.25. The molecule has 1 aromatic heterocycles. The van der Waals surface area contributed by atoms with Gasteiger partial charge in [-0.3, -0.25) is 4.57 Å². The zero-order chi connectivity index (χ0) is 19.1. The summed E-state index contributed by atoms with van der Waals surface area (Å²) >= 11 is 0. The summed E-state index contributed by atoms with van der Waals surface area (Å²) < 4.78 is 18.5. The van der Waals surface area contributed by atoms with Crippen LogP contribution in [0.3, 0.4) is 0 Å². The van der Waals surface area contributed by atoms with Gasteiger partial charge in [-0.1, -0.05) is 25.1 Å². The van der Waals surface area contributed by atoms with Gasteiger partial charge in [0, 0.05) is 18.2 Å². The van der Waals surface area contributed by atoms with E-state index in [9.17, 15) is 4.79 Å². The molecule has 1 saturated carbocycles. The number of hydrogen-bond donors (Lipinski definition) is 0. The Morgan fingerprint density at radius 3 is 2.96 bits per heavy atom. The molecule has 5 rings (SSSR count). The molecule has 3 aliphatic rings. The molecule has 0 radical (unpaired) electrons. The van der Waals surface area contributed by atoms with Gasteiger partial charge >= 0.3 is 5.69 Å². The van der Waals surface area contributed by atoms with E-state index in [4.69, 9.17) is 14.2 Å². The summed E-state index contributed by atoms with van der Waals surface area (Å²) in [5.41, 5.74) is 4.47. The van der Waals surface area contributed by atoms with Gasteiger partial charge in [-0.2, -0.15) is 4.98 Å². The van der Waals surface area contributed by atoms with Gasteiger partial charge in [-0.05, 0) is 42.2 Å². The molecule has 3 heterocycles. The zero-order valence-electron chi connectivity index (χ0n) is 16.2. The third-order valence-corrected chi connectivity index (χ3v) is 6.15. The van der Waals surface area contributed by atoms with Gasteiger partial charge in [-0.15, -0.1) is 0 Å². The van der Waals surface area contributed by atoms with Crippen molar-refractivity contribution in [2.45, 2.75) is 44.8 Å². The molecule has 1 saturated heterocycles. The van der Waals surface area contributed by atoms with Gasteiger partial charge < -0.3 is 14.2 Å². The average Bonchev–Trinajstić information content (AvgIpc) is 3.57. The first kappa shape index (κ1) is 17.9. The van der Waals surface area contributed by atoms with Crippen molar-refractivity contribution in [1.29, 1.82) is 0 Å². The van der Waals surface area contributed by atoms with Crippen LogP contribution in [0, 0.1) is 5.92 Å². The second kappa shape index (κ2) is 7.33. The molecular formula is C22H26N2O4. The Balaban J connectivity index is 1.41. The fourth-order valence-electron chi connectivity index (χ4n) is 4.26. The Hall–Kier alpha value is -2.18. The van der Waals surface area contributed by atoms with E-state index < -0.39 is 0 Å². The first-order valence-electron chi connectivity index (χ1n) is 10.3. The summed E-state index contributed by atoms with van der Waals surface area (Å²) in [4.78, 5) is 16.6. The van der Waals surface area contributed by atoms with Crippen LogP contribution < -0.4 is 10.4 Å². The number of rotatable bonds is 5. The average molecular weight is 382 g/mol. The minimum absolute atomic E-state index is 0.118. The summed E-state index contributed by atoms with van der Waals surface area (Å²) in [6.07, 6.45) is 3.44. The summed E-state index contributed by atoms with van der Waals surface area (Å²) in [6.45, 7) is 5.02. The van der Waals surface area contributed by atoms with Gasteiger partial charge in [0.15, 0.2) is 0 Å². The Bertz CT molecular complexity index is 929. The molecule has 2 aliphatic heterocycles. The van der Waals surface area contributed by atoms with E-state index in [0.717, 1.165) is 23.6 Å². The summed E-state index contributed by atoms with van der Waals surface area (Å²) in [5, 5.41) is 0. The number of fused-ring (bicyclic) bond motifs is 3. The summed E-state index contributed by atoms with van der Waals surface area (Å²) in [6, 6.07) is 8.60. The molecule has 2 fully saturated rings. The van der Waals surface area contributed by atoms with Crippen molar-refractivity contribution in [1.82, 2.24) is 9.55 Å². The number of nitrogens with zero attached hydrogens (tertiary/aromatic N) is 2. The van der Waals surface area contributed by atoms with Crippen molar-refractivity contribution in [3.63, 3.8) is 0 Å². The monoisotopic (exact) mass is 382 g/mol. The van der Waals surface area contributed by atoms with Crippen LogP contribution in [0.15, 0.2) is 29.1 Å². The molecule has 1 aliphatic carbocycles. The van der Waals surface area contributed by atoms with E-state index in [1.165, 1.54) is 24.0 Å². The van der Waals surface area contributed by atoms with Gasteiger partial charge in [0.2, 0.25) is 5.88 Å². The highest BCUT2D eigenvalue weighted by molar-refractivity contribution is 5.67. The fourth-order valence-corrected chi connectivity index (χ4v) is 4.26. The van der Waals surface area contributed by atoms with Crippen molar-refractivity contribution in [2.24, 2.45) is 5.92 Å². The third-order valence-electron chi connectivity index (χ3n) is 6.15. The lowest BCUT2D eigenvalue weighted by Crippen LogP contribution is -2.34. The molecule has 6 nitrogen and oxygen atoms in total. The van der Waals surface area contributed by atoms with Crippen molar-refractivity contribution < 1.29 is 14.2 Å². The Labute approximate surface area is 164 Å². The lowest BCUT2D eigenvalue weighted by molar-refractivity contribution is -0.102. The highest BCUT2D eigenvalue weighted by Gasteiger charge is 2.29. The summed E-state index contributed by atoms with van der Waals surface area (Å²) in [7, 11) is 0. The lowest BCUT2D eigenvalue weighted by atomic mass is 9.89. The molecule has 6 heteroatoms. The Morgan fingerprint density at radius 2 is 2.18 bits per heavy atom. The number of ether oxygens (including phenoxy) is 3. The molecule has 1 aromatic carbocycles. The number of aryl methyl sites for hydroxylation is 1. The van der Waals surface area contributed by atoms with Crippen LogP contribution in [0.5, 0.6) is 5.88 Å². The molecule has 0 N–H and O–H groups in total. The van der Waals surface area contributed by atoms with Gasteiger partial charge in [0.1, 0.15) is 12.7 Å². The van der Waals surface area contributed by atoms with Crippen LogP contribution in [0.2, 0.25) is 0 Å². The second-order valence-electron chi connectivity index (χ2n) is 8.09. The molecular weight excluding hydrogens is 356 g/mol. The number of benzene rings is 1. The van der Waals surface area contributed by atoms with Crippen molar-refractivity contribution in [3.8, 4) is 17.1 Å². The van der Waals surface area contributed by atoms with Crippen LogP contribution in [0.4, 0.5) is 0 Å². The van der Waals surface area contributed by atoms with Gasteiger partial charge in [0.25, 0.3) is 0 Å². The Morgan fingerprint density at radius 1 is 1.29 bits per heavy atom. The fraction of sp³-hybridized carbons (Fsp3) is 0.545. The van der Waals surface area contributed by atoms with Crippen LogP contribution >= 0.6 is 0 Å². The predicted octanol–water partition coefficient (Wildman–Crippen LogP) is 2.77. The maximum atomic E-state index is 12.5. The highest BCUT2D eigenvalue weighted by atomic mass is 16.6. The quantitative estimate of drug-likeness (QED) is 0.796. The molecule has 1 unspecified atom stereocenters. The normalized spacial score (nSPS) is 22.2. The molecule has 28 heavy (non-hydrogen) atoms. The molecule has 2 aromatic rings. The van der Waals surface area contributed by atoms with Crippen molar-refractivity contribution in [3.05, 3.63) is 45.9 Å². The highest BCUT2D eigenvalue weighted by Crippen LogP contribution is 2.43. The Kier molecular flexibility index (Phi) is 4.69. The van der Waals surface area contributed by atoms with Crippen LogP contribution in [-0.2, 0) is 22.4 Å². The number of hydrogen-bond acceptors (Lipinski definition) is 5. The van der Waals surface area contributed by atoms with Crippen molar-refractivity contribution in [2.75, 3.05) is 26.4 Å². The molecule has 0 amide bonds. The van der Waals surface area contributed by atoms with Gasteiger partial charge in [0.05, 0.1) is 25.5 Å². The maximum Gasteiger partial charge on any atom is 0.351 e. The largest absolute Gasteiger partial charge is 0.475 e. The summed E-state index contributed by atoms with van der Waals surface area (Å²) in [5.74, 6) is 1.81. The first-order valence-corrected chi connectivity index (χ1v) is 10.3. The van der Waals surface area contributed by atoms with E-state index in [-0.39, 0.29) is 11.8 Å². The minimum Gasteiger partial charge on any atom is -0.475 e. The van der Waals surface area contributed by atoms with Crippen LogP contribution in [0.25, 0.3) is 11.3 Å². The van der Waals surface area contributed by atoms with E-state index in [2.05, 4.69) is 30.1 Å². The van der Waals surface area contributed by atoms with E-state index in [1.807, 2.05) is 6.07 Å². The first-order chi connectivity index (χ1) is 13.7. The smallest absolute Gasteiger partial charge is 0.351 e. The van der Waals surface area contributed by atoms with E-state index in [1.54, 1.807) is 4.57 Å². The predicted molar refractivity (Wildman–Crippen MR) is 105 cm³/mol. The number of aromatic nitrogens is 2. The van der Waals surface area contributed by atoms with Gasteiger partial charge in [-0.25, -0.2) is 4.79 Å². The molecule has 0 bridgehead atoms. The van der Waals surface area contributed by atoms with E-state index >= 15 is 0 Å². The second-order valence-corrected chi connectivity index (χ2v) is 8.09. The van der Waals surface area contributed by atoms with E-state index in [0.29, 0.717) is 44.8 Å². The third kappa shape index (κ3) is 3.47. The van der Waals surface area contributed by atoms with Crippen molar-refractivity contribution >= 4 is 0 Å². The van der Waals surface area contributed by atoms with Crippen LogP contribution in [0.1, 0.15) is 36.8 Å². The minimum atomic E-state index is -0.255. The van der Waals surface area contributed by atoms with Crippen LogP contribution in [-0.4, -0.2) is 42.1 Å². The molecule has 0 spiro atoms. The molecule has 148 valence electrons. The standard InChI is InChI=1S/C22H26N2O4/c1-14(15-2-3-15)16-4-5-19-17(10-16)6-7-24-20(19)11-21(23-22(24)25)28-13-18-12-26-8-9-27-18/h4-5,10-11,14-15,18H,2-3,6-9,12-13H2,1H3/t14?,18-/m1/s1. The molecule has 2 atom stereocenters. The zero-order valence-corrected chi connectivity index (χ0v) is 16.2. The maximum absolute atomic E-state index is 12.5. The SMILES string of the molecule is CC(c1ccc2c(c1)CCn1c-2cc(OC[C@H]2COCCO2)nc1=O)C1CC1.